The summed E-state index contributed by atoms with van der Waals surface area (Å²) in [5.41, 5.74) is 1.76. The van der Waals surface area contributed by atoms with E-state index >= 15 is 0 Å². The topological polar surface area (TPSA) is 30.5 Å². The van der Waals surface area contributed by atoms with Crippen molar-refractivity contribution in [1.29, 1.82) is 0 Å². The second kappa shape index (κ2) is 7.25. The first-order valence-corrected chi connectivity index (χ1v) is 7.69. The molecule has 0 aliphatic heterocycles. The van der Waals surface area contributed by atoms with Crippen LogP contribution < -0.4 is 14.8 Å². The second-order valence-electron chi connectivity index (χ2n) is 4.28. The van der Waals surface area contributed by atoms with Gasteiger partial charge in [-0.3, -0.25) is 0 Å². The molecule has 0 unspecified atom stereocenters. The van der Waals surface area contributed by atoms with Crippen molar-refractivity contribution >= 4 is 44.8 Å². The highest BCUT2D eigenvalue weighted by Gasteiger charge is 2.12. The van der Waals surface area contributed by atoms with E-state index in [1.165, 1.54) is 0 Å². The molecule has 0 saturated carbocycles. The first-order valence-electron chi connectivity index (χ1n) is 6.14. The van der Waals surface area contributed by atoms with E-state index in [4.69, 9.17) is 32.7 Å². The molecule has 2 aromatic rings. The molecule has 0 radical (unpaired) electrons. The molecule has 2 aromatic carbocycles. The second-order valence-corrected chi connectivity index (χ2v) is 6.04. The summed E-state index contributed by atoms with van der Waals surface area (Å²) < 4.78 is 11.7. The average molecular weight is 391 g/mol. The normalized spacial score (nSPS) is 10.3. The quantitative estimate of drug-likeness (QED) is 0.742. The summed E-state index contributed by atoms with van der Waals surface area (Å²) in [5.74, 6) is 1.36. The van der Waals surface area contributed by atoms with Gasteiger partial charge in [-0.1, -0.05) is 39.1 Å². The minimum absolute atomic E-state index is 0.542. The Balaban J connectivity index is 2.25. The third kappa shape index (κ3) is 3.96. The largest absolute Gasteiger partial charge is 0.493 e. The van der Waals surface area contributed by atoms with E-state index in [0.29, 0.717) is 28.1 Å². The van der Waals surface area contributed by atoms with Crippen LogP contribution in [0.2, 0.25) is 10.0 Å². The van der Waals surface area contributed by atoms with Crippen LogP contribution in [0.4, 0.5) is 5.69 Å². The first-order chi connectivity index (χ1) is 10.0. The SMILES string of the molecule is COc1cc(Br)cc(CNc2ccc(Cl)cc2Cl)c1OC. The summed E-state index contributed by atoms with van der Waals surface area (Å²) in [7, 11) is 3.22. The average Bonchev–Trinajstić information content (AvgIpc) is 2.45. The zero-order valence-corrected chi connectivity index (χ0v) is 14.6. The van der Waals surface area contributed by atoms with Crippen LogP contribution in [0.5, 0.6) is 11.5 Å². The van der Waals surface area contributed by atoms with Gasteiger partial charge < -0.3 is 14.8 Å². The van der Waals surface area contributed by atoms with Gasteiger partial charge in [0, 0.05) is 21.6 Å². The lowest BCUT2D eigenvalue weighted by molar-refractivity contribution is 0.352. The number of hydrogen-bond acceptors (Lipinski definition) is 3. The van der Waals surface area contributed by atoms with Crippen LogP contribution in [0.3, 0.4) is 0 Å². The number of anilines is 1. The molecule has 0 atom stereocenters. The molecule has 0 spiro atoms. The van der Waals surface area contributed by atoms with Crippen molar-refractivity contribution in [2.45, 2.75) is 6.54 Å². The van der Waals surface area contributed by atoms with Crippen LogP contribution in [0.15, 0.2) is 34.8 Å². The van der Waals surface area contributed by atoms with Gasteiger partial charge in [0.2, 0.25) is 0 Å². The molecule has 0 aliphatic rings. The van der Waals surface area contributed by atoms with Gasteiger partial charge in [0.1, 0.15) is 0 Å². The molecule has 21 heavy (non-hydrogen) atoms. The lowest BCUT2D eigenvalue weighted by Crippen LogP contribution is -2.03. The van der Waals surface area contributed by atoms with Gasteiger partial charge in [-0.2, -0.15) is 0 Å². The van der Waals surface area contributed by atoms with E-state index in [1.54, 1.807) is 26.4 Å². The monoisotopic (exact) mass is 389 g/mol. The molecular weight excluding hydrogens is 377 g/mol. The smallest absolute Gasteiger partial charge is 0.165 e. The van der Waals surface area contributed by atoms with Crippen LogP contribution in [-0.2, 0) is 6.54 Å². The Morgan fingerprint density at radius 2 is 1.86 bits per heavy atom. The fourth-order valence-electron chi connectivity index (χ4n) is 1.96. The molecule has 2 rings (SSSR count). The molecular formula is C15H14BrCl2NO2. The predicted octanol–water partition coefficient (Wildman–Crippen LogP) is 5.39. The number of hydrogen-bond donors (Lipinski definition) is 1. The Morgan fingerprint density at radius 3 is 2.48 bits per heavy atom. The minimum Gasteiger partial charge on any atom is -0.493 e. The number of rotatable bonds is 5. The van der Waals surface area contributed by atoms with Crippen molar-refractivity contribution in [2.75, 3.05) is 19.5 Å². The fourth-order valence-corrected chi connectivity index (χ4v) is 2.92. The third-order valence-corrected chi connectivity index (χ3v) is 3.93. The molecule has 0 aliphatic carbocycles. The molecule has 0 aromatic heterocycles. The highest BCUT2D eigenvalue weighted by atomic mass is 79.9. The van der Waals surface area contributed by atoms with Crippen molar-refractivity contribution in [1.82, 2.24) is 0 Å². The number of ether oxygens (including phenoxy) is 2. The standard InChI is InChI=1S/C15H14BrCl2NO2/c1-20-14-6-10(16)5-9(15(14)21-2)8-19-13-4-3-11(17)7-12(13)18/h3-7,19H,8H2,1-2H3. The van der Waals surface area contributed by atoms with Crippen LogP contribution >= 0.6 is 39.1 Å². The molecule has 1 N–H and O–H groups in total. The molecule has 0 saturated heterocycles. The minimum atomic E-state index is 0.542. The highest BCUT2D eigenvalue weighted by molar-refractivity contribution is 9.10. The van der Waals surface area contributed by atoms with E-state index in [2.05, 4.69) is 21.2 Å². The van der Waals surface area contributed by atoms with Gasteiger partial charge in [-0.25, -0.2) is 0 Å². The van der Waals surface area contributed by atoms with Crippen LogP contribution in [0.1, 0.15) is 5.56 Å². The van der Waals surface area contributed by atoms with Gasteiger partial charge in [0.05, 0.1) is 24.9 Å². The molecule has 0 bridgehead atoms. The summed E-state index contributed by atoms with van der Waals surface area (Å²) >= 11 is 15.5. The maximum atomic E-state index is 6.15. The third-order valence-electron chi connectivity index (χ3n) is 2.92. The Labute approximate surface area is 142 Å². The first kappa shape index (κ1) is 16.3. The number of nitrogens with one attached hydrogen (secondary N) is 1. The zero-order valence-electron chi connectivity index (χ0n) is 11.5. The van der Waals surface area contributed by atoms with E-state index in [1.807, 2.05) is 18.2 Å². The lowest BCUT2D eigenvalue weighted by Gasteiger charge is -2.15. The number of halogens is 3. The van der Waals surface area contributed by atoms with Crippen molar-refractivity contribution in [2.24, 2.45) is 0 Å². The molecule has 3 nitrogen and oxygen atoms in total. The summed E-state index contributed by atoms with van der Waals surface area (Å²) in [6.45, 7) is 0.542. The molecule has 0 amide bonds. The van der Waals surface area contributed by atoms with Crippen LogP contribution in [0, 0.1) is 0 Å². The molecule has 6 heteroatoms. The molecule has 0 heterocycles. The maximum Gasteiger partial charge on any atom is 0.165 e. The van der Waals surface area contributed by atoms with E-state index in [0.717, 1.165) is 15.7 Å². The van der Waals surface area contributed by atoms with Gasteiger partial charge in [0.25, 0.3) is 0 Å². The number of benzene rings is 2. The Bertz CT molecular complexity index is 650. The lowest BCUT2D eigenvalue weighted by atomic mass is 10.1. The van der Waals surface area contributed by atoms with E-state index in [9.17, 15) is 0 Å². The predicted molar refractivity (Wildman–Crippen MR) is 91.0 cm³/mol. The van der Waals surface area contributed by atoms with Crippen LogP contribution in [0.25, 0.3) is 0 Å². The van der Waals surface area contributed by atoms with Crippen molar-refractivity contribution in [3.8, 4) is 11.5 Å². The summed E-state index contributed by atoms with van der Waals surface area (Å²) in [6.07, 6.45) is 0. The molecule has 0 fully saturated rings. The Morgan fingerprint density at radius 1 is 1.10 bits per heavy atom. The van der Waals surface area contributed by atoms with Crippen molar-refractivity contribution < 1.29 is 9.47 Å². The molecule has 112 valence electrons. The van der Waals surface area contributed by atoms with Crippen LogP contribution in [-0.4, -0.2) is 14.2 Å². The number of methoxy groups -OCH3 is 2. The van der Waals surface area contributed by atoms with Gasteiger partial charge in [-0.05, 0) is 30.3 Å². The Hall–Kier alpha value is -1.10. The van der Waals surface area contributed by atoms with E-state index in [-0.39, 0.29) is 0 Å². The van der Waals surface area contributed by atoms with Crippen molar-refractivity contribution in [3.05, 3.63) is 50.4 Å². The summed E-state index contributed by atoms with van der Waals surface area (Å²) in [6, 6.07) is 9.15. The zero-order chi connectivity index (χ0) is 15.4. The van der Waals surface area contributed by atoms with Gasteiger partial charge in [0.15, 0.2) is 11.5 Å². The fraction of sp³-hybridized carbons (Fsp3) is 0.200. The summed E-state index contributed by atoms with van der Waals surface area (Å²) in [5, 5.41) is 4.44. The van der Waals surface area contributed by atoms with Gasteiger partial charge >= 0.3 is 0 Å². The van der Waals surface area contributed by atoms with Gasteiger partial charge in [-0.15, -0.1) is 0 Å². The van der Waals surface area contributed by atoms with Crippen molar-refractivity contribution in [3.63, 3.8) is 0 Å². The maximum absolute atomic E-state index is 6.15. The Kier molecular flexibility index (Phi) is 5.62. The highest BCUT2D eigenvalue weighted by Crippen LogP contribution is 2.35. The summed E-state index contributed by atoms with van der Waals surface area (Å²) in [4.78, 5) is 0. The van der Waals surface area contributed by atoms with E-state index < -0.39 is 0 Å².